The highest BCUT2D eigenvalue weighted by molar-refractivity contribution is 5.84. The quantitative estimate of drug-likeness (QED) is 0.765. The number of hydrogen-bond donors (Lipinski definition) is 1. The van der Waals surface area contributed by atoms with E-state index in [-0.39, 0.29) is 18.1 Å². The third-order valence-corrected chi connectivity index (χ3v) is 2.21. The number of imidazole rings is 1. The van der Waals surface area contributed by atoms with Gasteiger partial charge in [-0.05, 0) is 5.92 Å². The maximum Gasteiger partial charge on any atom is 0.169 e. The molecule has 1 rings (SSSR count). The Balaban J connectivity index is 2.62. The summed E-state index contributed by atoms with van der Waals surface area (Å²) in [7, 11) is 1.83. The number of rotatable bonds is 4. The lowest BCUT2D eigenvalue weighted by atomic mass is 10.0. The Kier molecular flexibility index (Phi) is 3.41. The highest BCUT2D eigenvalue weighted by atomic mass is 16.3. The summed E-state index contributed by atoms with van der Waals surface area (Å²) in [5, 5.41) is 9.50. The normalized spacial score (nSPS) is 13.2. The predicted octanol–water partition coefficient (Wildman–Crippen LogP) is 0.549. The summed E-state index contributed by atoms with van der Waals surface area (Å²) in [4.78, 5) is 15.5. The predicted molar refractivity (Wildman–Crippen MR) is 52.8 cm³/mol. The van der Waals surface area contributed by atoms with E-state index >= 15 is 0 Å². The molecule has 0 aliphatic carbocycles. The van der Waals surface area contributed by atoms with Crippen molar-refractivity contribution in [2.24, 2.45) is 13.0 Å². The minimum Gasteiger partial charge on any atom is -0.385 e. The molecule has 0 aliphatic heterocycles. The van der Waals surface area contributed by atoms with Crippen LogP contribution in [0.5, 0.6) is 0 Å². The second kappa shape index (κ2) is 4.37. The van der Waals surface area contributed by atoms with Gasteiger partial charge in [0.25, 0.3) is 0 Å². The summed E-state index contributed by atoms with van der Waals surface area (Å²) >= 11 is 0. The molecule has 1 aromatic rings. The second-order valence-electron chi connectivity index (χ2n) is 3.79. The van der Waals surface area contributed by atoms with Crippen molar-refractivity contribution in [3.63, 3.8) is 0 Å². The van der Waals surface area contributed by atoms with Gasteiger partial charge < -0.3 is 9.67 Å². The van der Waals surface area contributed by atoms with Gasteiger partial charge in [0.15, 0.2) is 5.78 Å². The van der Waals surface area contributed by atoms with Gasteiger partial charge in [-0.2, -0.15) is 0 Å². The summed E-state index contributed by atoms with van der Waals surface area (Å²) in [5.41, 5.74) is 0. The average molecular weight is 196 g/mol. The molecule has 0 saturated carbocycles. The van der Waals surface area contributed by atoms with Crippen LogP contribution in [0.15, 0.2) is 12.4 Å². The SMILES string of the molecule is CC(C)C(O)C(=O)Cc1nccn1C. The Morgan fingerprint density at radius 1 is 1.64 bits per heavy atom. The van der Waals surface area contributed by atoms with E-state index in [1.54, 1.807) is 17.0 Å². The van der Waals surface area contributed by atoms with Crippen molar-refractivity contribution >= 4 is 5.78 Å². The Hall–Kier alpha value is -1.16. The molecule has 0 fully saturated rings. The van der Waals surface area contributed by atoms with E-state index in [1.165, 1.54) is 0 Å². The Labute approximate surface area is 83.6 Å². The molecule has 0 radical (unpaired) electrons. The Bertz CT molecular complexity index is 318. The van der Waals surface area contributed by atoms with Crippen LogP contribution >= 0.6 is 0 Å². The maximum atomic E-state index is 11.5. The number of carbonyl (C=O) groups is 1. The summed E-state index contributed by atoms with van der Waals surface area (Å²) in [6.07, 6.45) is 2.74. The molecule has 0 amide bonds. The third kappa shape index (κ3) is 2.42. The van der Waals surface area contributed by atoms with E-state index in [2.05, 4.69) is 4.98 Å². The molecular weight excluding hydrogens is 180 g/mol. The van der Waals surface area contributed by atoms with Crippen molar-refractivity contribution in [3.05, 3.63) is 18.2 Å². The summed E-state index contributed by atoms with van der Waals surface area (Å²) in [6.45, 7) is 3.64. The van der Waals surface area contributed by atoms with Gasteiger partial charge in [0, 0.05) is 19.4 Å². The minimum atomic E-state index is -0.883. The summed E-state index contributed by atoms with van der Waals surface area (Å²) in [5.74, 6) is 0.478. The van der Waals surface area contributed by atoms with E-state index in [4.69, 9.17) is 0 Å². The van der Waals surface area contributed by atoms with Gasteiger partial charge >= 0.3 is 0 Å². The summed E-state index contributed by atoms with van der Waals surface area (Å²) < 4.78 is 1.78. The van der Waals surface area contributed by atoms with E-state index in [9.17, 15) is 9.90 Å². The molecule has 78 valence electrons. The molecule has 0 saturated heterocycles. The molecule has 0 bridgehead atoms. The topological polar surface area (TPSA) is 55.1 Å². The lowest BCUT2D eigenvalue weighted by molar-refractivity contribution is -0.128. The van der Waals surface area contributed by atoms with Gasteiger partial charge in [-0.1, -0.05) is 13.8 Å². The van der Waals surface area contributed by atoms with Crippen molar-refractivity contribution in [1.82, 2.24) is 9.55 Å². The number of Topliss-reactive ketones (excluding diaryl/α,β-unsaturated/α-hetero) is 1. The van der Waals surface area contributed by atoms with Gasteiger partial charge in [0.2, 0.25) is 0 Å². The highest BCUT2D eigenvalue weighted by Crippen LogP contribution is 2.06. The van der Waals surface area contributed by atoms with Gasteiger partial charge in [-0.3, -0.25) is 4.79 Å². The zero-order valence-electron chi connectivity index (χ0n) is 8.77. The molecule has 1 unspecified atom stereocenters. The van der Waals surface area contributed by atoms with Crippen LogP contribution in [0.1, 0.15) is 19.7 Å². The highest BCUT2D eigenvalue weighted by Gasteiger charge is 2.20. The van der Waals surface area contributed by atoms with Gasteiger partial charge in [-0.15, -0.1) is 0 Å². The number of aliphatic hydroxyl groups excluding tert-OH is 1. The molecule has 4 heteroatoms. The molecule has 4 nitrogen and oxygen atoms in total. The van der Waals surface area contributed by atoms with E-state index < -0.39 is 6.10 Å². The largest absolute Gasteiger partial charge is 0.385 e. The van der Waals surface area contributed by atoms with Crippen LogP contribution in [0.4, 0.5) is 0 Å². The molecule has 1 heterocycles. The smallest absolute Gasteiger partial charge is 0.169 e. The number of hydrogen-bond acceptors (Lipinski definition) is 3. The number of aryl methyl sites for hydroxylation is 1. The molecule has 0 spiro atoms. The molecular formula is C10H16N2O2. The lowest BCUT2D eigenvalue weighted by Crippen LogP contribution is -2.28. The van der Waals surface area contributed by atoms with Crippen molar-refractivity contribution < 1.29 is 9.90 Å². The van der Waals surface area contributed by atoms with Crippen molar-refractivity contribution in [2.45, 2.75) is 26.4 Å². The Morgan fingerprint density at radius 2 is 2.29 bits per heavy atom. The molecule has 0 aromatic carbocycles. The van der Waals surface area contributed by atoms with E-state index in [0.29, 0.717) is 5.82 Å². The number of aliphatic hydroxyl groups is 1. The molecule has 14 heavy (non-hydrogen) atoms. The van der Waals surface area contributed by atoms with Crippen LogP contribution in [0.2, 0.25) is 0 Å². The monoisotopic (exact) mass is 196 g/mol. The van der Waals surface area contributed by atoms with Gasteiger partial charge in [-0.25, -0.2) is 4.98 Å². The maximum absolute atomic E-state index is 11.5. The van der Waals surface area contributed by atoms with E-state index in [1.807, 2.05) is 20.9 Å². The number of ketones is 1. The number of carbonyl (C=O) groups excluding carboxylic acids is 1. The minimum absolute atomic E-state index is 0.0391. The molecule has 1 aromatic heterocycles. The van der Waals surface area contributed by atoms with Crippen LogP contribution in [0, 0.1) is 5.92 Å². The average Bonchev–Trinajstić information content (AvgIpc) is 2.50. The fourth-order valence-corrected chi connectivity index (χ4v) is 1.20. The van der Waals surface area contributed by atoms with Gasteiger partial charge in [0.05, 0.1) is 6.42 Å². The first-order valence-corrected chi connectivity index (χ1v) is 4.69. The number of nitrogens with zero attached hydrogens (tertiary/aromatic N) is 2. The van der Waals surface area contributed by atoms with Crippen LogP contribution < -0.4 is 0 Å². The molecule has 1 N–H and O–H groups in total. The zero-order valence-corrected chi connectivity index (χ0v) is 8.77. The Morgan fingerprint density at radius 3 is 2.71 bits per heavy atom. The van der Waals surface area contributed by atoms with Crippen LogP contribution in [0.3, 0.4) is 0 Å². The first-order chi connectivity index (χ1) is 6.52. The fraction of sp³-hybridized carbons (Fsp3) is 0.600. The number of aromatic nitrogens is 2. The molecule has 1 atom stereocenters. The third-order valence-electron chi connectivity index (χ3n) is 2.21. The summed E-state index contributed by atoms with van der Waals surface area (Å²) in [6, 6.07) is 0. The van der Waals surface area contributed by atoms with Crippen molar-refractivity contribution in [2.75, 3.05) is 0 Å². The van der Waals surface area contributed by atoms with Crippen molar-refractivity contribution in [1.29, 1.82) is 0 Å². The second-order valence-corrected chi connectivity index (χ2v) is 3.79. The molecule has 0 aliphatic rings. The van der Waals surface area contributed by atoms with Gasteiger partial charge in [0.1, 0.15) is 11.9 Å². The van der Waals surface area contributed by atoms with Crippen LogP contribution in [-0.2, 0) is 18.3 Å². The first-order valence-electron chi connectivity index (χ1n) is 4.69. The van der Waals surface area contributed by atoms with Crippen LogP contribution in [-0.4, -0.2) is 26.5 Å². The van der Waals surface area contributed by atoms with E-state index in [0.717, 1.165) is 0 Å². The van der Waals surface area contributed by atoms with Crippen molar-refractivity contribution in [3.8, 4) is 0 Å². The fourth-order valence-electron chi connectivity index (χ4n) is 1.20. The zero-order chi connectivity index (χ0) is 10.7. The lowest BCUT2D eigenvalue weighted by Gasteiger charge is -2.12. The van der Waals surface area contributed by atoms with Crippen LogP contribution in [0.25, 0.3) is 0 Å². The standard InChI is InChI=1S/C10H16N2O2/c1-7(2)10(14)8(13)6-9-11-4-5-12(9)3/h4-5,7,10,14H,6H2,1-3H3. The first kappa shape index (κ1) is 10.9.